The van der Waals surface area contributed by atoms with E-state index < -0.39 is 0 Å². The number of alkyl carbamates (subject to hydrolysis) is 1. The molecule has 1 N–H and O–H groups in total. The van der Waals surface area contributed by atoms with Gasteiger partial charge in [0.2, 0.25) is 0 Å². The van der Waals surface area contributed by atoms with Crippen LogP contribution in [0.15, 0.2) is 0 Å². The first-order chi connectivity index (χ1) is 6.24. The van der Waals surface area contributed by atoms with Crippen molar-refractivity contribution >= 4 is 6.09 Å². The van der Waals surface area contributed by atoms with Gasteiger partial charge in [-0.05, 0) is 18.8 Å². The Hall–Kier alpha value is -0.730. The normalized spacial score (nSPS) is 38.8. The molecule has 2 atom stereocenters. The number of hydrogen-bond donors (Lipinski definition) is 1. The van der Waals surface area contributed by atoms with Crippen molar-refractivity contribution in [2.45, 2.75) is 44.6 Å². The molecule has 13 heavy (non-hydrogen) atoms. The van der Waals surface area contributed by atoms with Gasteiger partial charge in [-0.3, -0.25) is 0 Å². The molecule has 1 aliphatic carbocycles. The molecular weight excluding hydrogens is 166 g/mol. The monoisotopic (exact) mass is 183 g/mol. The summed E-state index contributed by atoms with van der Waals surface area (Å²) in [5.41, 5.74) is -0.00396. The maximum Gasteiger partial charge on any atom is 0.407 e. The molecule has 1 heterocycles. The smallest absolute Gasteiger partial charge is 0.407 e. The third-order valence-corrected chi connectivity index (χ3v) is 3.37. The molecule has 0 aromatic carbocycles. The van der Waals surface area contributed by atoms with Crippen molar-refractivity contribution in [3.8, 4) is 0 Å². The highest BCUT2D eigenvalue weighted by atomic mass is 16.6. The van der Waals surface area contributed by atoms with Gasteiger partial charge in [0.25, 0.3) is 0 Å². The number of carbonyl (C=O) groups is 1. The van der Waals surface area contributed by atoms with Crippen molar-refractivity contribution in [1.29, 1.82) is 0 Å². The van der Waals surface area contributed by atoms with Crippen molar-refractivity contribution < 1.29 is 9.53 Å². The van der Waals surface area contributed by atoms with Crippen LogP contribution in [-0.4, -0.2) is 18.2 Å². The summed E-state index contributed by atoms with van der Waals surface area (Å²) in [5.74, 6) is 0.774. The first kappa shape index (κ1) is 8.85. The highest BCUT2D eigenvalue weighted by Crippen LogP contribution is 2.36. The predicted octanol–water partition coefficient (Wildman–Crippen LogP) is 2.07. The van der Waals surface area contributed by atoms with Crippen LogP contribution in [-0.2, 0) is 4.74 Å². The van der Waals surface area contributed by atoms with E-state index in [0.29, 0.717) is 6.61 Å². The molecular formula is C10H17NO2. The van der Waals surface area contributed by atoms with Crippen LogP contribution in [0, 0.1) is 5.92 Å². The van der Waals surface area contributed by atoms with Crippen molar-refractivity contribution in [2.75, 3.05) is 6.61 Å². The summed E-state index contributed by atoms with van der Waals surface area (Å²) in [6.07, 6.45) is 5.73. The van der Waals surface area contributed by atoms with Crippen molar-refractivity contribution in [3.05, 3.63) is 0 Å². The maximum absolute atomic E-state index is 11.0. The molecule has 1 saturated carbocycles. The first-order valence-electron chi connectivity index (χ1n) is 5.19. The zero-order valence-corrected chi connectivity index (χ0v) is 8.14. The maximum atomic E-state index is 11.0. The highest BCUT2D eigenvalue weighted by Gasteiger charge is 2.42. The molecule has 0 radical (unpaired) electrons. The fourth-order valence-corrected chi connectivity index (χ4v) is 2.57. The average Bonchev–Trinajstić information content (AvgIpc) is 2.47. The van der Waals surface area contributed by atoms with Crippen LogP contribution in [0.4, 0.5) is 4.79 Å². The van der Waals surface area contributed by atoms with E-state index in [1.165, 1.54) is 19.3 Å². The number of cyclic esters (lactones) is 1. The van der Waals surface area contributed by atoms with Crippen LogP contribution in [0.25, 0.3) is 0 Å². The number of carbonyl (C=O) groups excluding carboxylic acids is 1. The van der Waals surface area contributed by atoms with Crippen LogP contribution in [0.3, 0.4) is 0 Å². The average molecular weight is 183 g/mol. The highest BCUT2D eigenvalue weighted by molar-refractivity contribution is 5.70. The molecule has 2 aliphatic rings. The Labute approximate surface area is 78.8 Å². The lowest BCUT2D eigenvalue weighted by atomic mass is 9.75. The Morgan fingerprint density at radius 3 is 3.15 bits per heavy atom. The van der Waals surface area contributed by atoms with Crippen LogP contribution in [0.5, 0.6) is 0 Å². The molecule has 1 spiro atoms. The summed E-state index contributed by atoms with van der Waals surface area (Å²) >= 11 is 0. The fraction of sp³-hybridized carbons (Fsp3) is 0.900. The summed E-state index contributed by atoms with van der Waals surface area (Å²) < 4.78 is 4.99. The second-order valence-corrected chi connectivity index (χ2v) is 4.35. The summed E-state index contributed by atoms with van der Waals surface area (Å²) in [4.78, 5) is 11.0. The molecule has 1 amide bonds. The summed E-state index contributed by atoms with van der Waals surface area (Å²) in [6, 6.07) is 0. The van der Waals surface area contributed by atoms with Crippen molar-refractivity contribution in [3.63, 3.8) is 0 Å². The number of nitrogens with one attached hydrogen (secondary N) is 1. The quantitative estimate of drug-likeness (QED) is 0.675. The molecule has 0 aromatic heterocycles. The number of rotatable bonds is 1. The SMILES string of the molecule is CCC1CCCC2(COC(=O)N2)C1. The van der Waals surface area contributed by atoms with Gasteiger partial charge in [-0.1, -0.05) is 26.2 Å². The van der Waals surface area contributed by atoms with Gasteiger partial charge in [0.05, 0.1) is 5.54 Å². The van der Waals surface area contributed by atoms with Gasteiger partial charge < -0.3 is 10.1 Å². The number of hydrogen-bond acceptors (Lipinski definition) is 2. The van der Waals surface area contributed by atoms with Crippen LogP contribution in [0.1, 0.15) is 39.0 Å². The van der Waals surface area contributed by atoms with Crippen LogP contribution < -0.4 is 5.32 Å². The third-order valence-electron chi connectivity index (χ3n) is 3.37. The molecule has 1 aliphatic heterocycles. The molecule has 1 saturated heterocycles. The Morgan fingerprint density at radius 1 is 1.69 bits per heavy atom. The van der Waals surface area contributed by atoms with E-state index in [1.807, 2.05) is 0 Å². The van der Waals surface area contributed by atoms with Gasteiger partial charge in [0, 0.05) is 0 Å². The zero-order chi connectivity index (χ0) is 9.31. The molecule has 3 heteroatoms. The van der Waals surface area contributed by atoms with Gasteiger partial charge in [-0.15, -0.1) is 0 Å². The summed E-state index contributed by atoms with van der Waals surface area (Å²) in [7, 11) is 0. The molecule has 2 rings (SSSR count). The minimum Gasteiger partial charge on any atom is -0.447 e. The minimum absolute atomic E-state index is 0.00396. The summed E-state index contributed by atoms with van der Waals surface area (Å²) in [6.45, 7) is 2.81. The third kappa shape index (κ3) is 1.64. The van der Waals surface area contributed by atoms with Crippen molar-refractivity contribution in [2.24, 2.45) is 5.92 Å². The lowest BCUT2D eigenvalue weighted by molar-refractivity contribution is 0.151. The Balaban J connectivity index is 2.02. The fourth-order valence-electron chi connectivity index (χ4n) is 2.57. The Kier molecular flexibility index (Phi) is 2.18. The minimum atomic E-state index is -0.225. The standard InChI is InChI=1S/C10H17NO2/c1-2-8-4-3-5-10(6-8)7-13-9(12)11-10/h8H,2-7H2,1H3,(H,11,12). The second kappa shape index (κ2) is 3.20. The van der Waals surface area contributed by atoms with Gasteiger partial charge in [-0.25, -0.2) is 4.79 Å². The molecule has 2 unspecified atom stereocenters. The molecule has 0 bridgehead atoms. The topological polar surface area (TPSA) is 38.3 Å². The van der Waals surface area contributed by atoms with Crippen molar-refractivity contribution in [1.82, 2.24) is 5.32 Å². The zero-order valence-electron chi connectivity index (χ0n) is 8.14. The predicted molar refractivity (Wildman–Crippen MR) is 49.5 cm³/mol. The lowest BCUT2D eigenvalue weighted by Crippen LogP contribution is -2.47. The number of ether oxygens (including phenoxy) is 1. The van der Waals surface area contributed by atoms with E-state index >= 15 is 0 Å². The van der Waals surface area contributed by atoms with Gasteiger partial charge in [0.1, 0.15) is 6.61 Å². The second-order valence-electron chi connectivity index (χ2n) is 4.35. The van der Waals surface area contributed by atoms with Crippen LogP contribution >= 0.6 is 0 Å². The number of amides is 1. The van der Waals surface area contributed by atoms with Crippen LogP contribution in [0.2, 0.25) is 0 Å². The molecule has 0 aromatic rings. The largest absolute Gasteiger partial charge is 0.447 e. The van der Waals surface area contributed by atoms with E-state index in [-0.39, 0.29) is 11.6 Å². The van der Waals surface area contributed by atoms with Gasteiger partial charge >= 0.3 is 6.09 Å². The van der Waals surface area contributed by atoms with E-state index in [9.17, 15) is 4.79 Å². The first-order valence-corrected chi connectivity index (χ1v) is 5.19. The van der Waals surface area contributed by atoms with Gasteiger partial charge in [-0.2, -0.15) is 0 Å². The Bertz CT molecular complexity index is 217. The summed E-state index contributed by atoms with van der Waals surface area (Å²) in [5, 5.41) is 2.97. The molecule has 3 nitrogen and oxygen atoms in total. The molecule has 74 valence electrons. The van der Waals surface area contributed by atoms with E-state index in [1.54, 1.807) is 0 Å². The van der Waals surface area contributed by atoms with E-state index in [2.05, 4.69) is 12.2 Å². The lowest BCUT2D eigenvalue weighted by Gasteiger charge is -2.35. The van der Waals surface area contributed by atoms with E-state index in [0.717, 1.165) is 18.8 Å². The van der Waals surface area contributed by atoms with Gasteiger partial charge in [0.15, 0.2) is 0 Å². The Morgan fingerprint density at radius 2 is 2.54 bits per heavy atom. The molecule has 2 fully saturated rings. The van der Waals surface area contributed by atoms with E-state index in [4.69, 9.17) is 4.74 Å².